The van der Waals surface area contributed by atoms with Crippen molar-refractivity contribution in [1.29, 1.82) is 5.26 Å². The van der Waals surface area contributed by atoms with E-state index in [-0.39, 0.29) is 24.7 Å². The molecule has 0 bridgehead atoms. The van der Waals surface area contributed by atoms with Gasteiger partial charge in [-0.05, 0) is 47.6 Å². The second kappa shape index (κ2) is 7.39. The molecule has 1 aromatic carbocycles. The fourth-order valence-corrected chi connectivity index (χ4v) is 6.18. The van der Waals surface area contributed by atoms with Gasteiger partial charge in [-0.25, -0.2) is 4.79 Å². The van der Waals surface area contributed by atoms with E-state index >= 15 is 0 Å². The SMILES string of the molecule is COc1ccc(COC(=O)[C@@H]2N3C(=O)C[C@H]3[S+]([O-])[C@@]2(C)CSC#N)cc1. The molecule has 4 atom stereocenters. The van der Waals surface area contributed by atoms with E-state index in [1.165, 1.54) is 4.90 Å². The summed E-state index contributed by atoms with van der Waals surface area (Å²) in [6.45, 7) is 1.72. The highest BCUT2D eigenvalue weighted by Crippen LogP contribution is 2.47. The average molecular weight is 394 g/mol. The lowest BCUT2D eigenvalue weighted by Crippen LogP contribution is -2.58. The summed E-state index contributed by atoms with van der Waals surface area (Å²) in [5.41, 5.74) is 0.776. The van der Waals surface area contributed by atoms with E-state index in [1.807, 2.05) is 5.40 Å². The van der Waals surface area contributed by atoms with Gasteiger partial charge in [-0.3, -0.25) is 9.69 Å². The Kier molecular flexibility index (Phi) is 5.37. The van der Waals surface area contributed by atoms with Gasteiger partial charge in [0.15, 0.2) is 10.8 Å². The molecule has 2 aliphatic rings. The van der Waals surface area contributed by atoms with E-state index in [1.54, 1.807) is 38.3 Å². The molecule has 0 radical (unpaired) electrons. The molecule has 138 valence electrons. The number of nitrogens with zero attached hydrogens (tertiary/aromatic N) is 2. The molecule has 1 unspecified atom stereocenters. The number of ether oxygens (including phenoxy) is 2. The molecule has 0 saturated carbocycles. The Morgan fingerprint density at radius 2 is 2.19 bits per heavy atom. The maximum atomic E-state index is 12.8. The zero-order valence-electron chi connectivity index (χ0n) is 14.3. The van der Waals surface area contributed by atoms with Crippen LogP contribution in [-0.2, 0) is 32.1 Å². The molecule has 3 rings (SSSR count). The number of methoxy groups -OCH3 is 1. The molecule has 2 heterocycles. The Labute approximate surface area is 158 Å². The van der Waals surface area contributed by atoms with E-state index < -0.39 is 33.3 Å². The van der Waals surface area contributed by atoms with Crippen molar-refractivity contribution in [2.24, 2.45) is 0 Å². The number of thioether (sulfide) groups is 1. The number of amides is 1. The van der Waals surface area contributed by atoms with Crippen LogP contribution in [0.4, 0.5) is 0 Å². The topological polar surface area (TPSA) is 103 Å². The fourth-order valence-electron chi connectivity index (χ4n) is 3.24. The summed E-state index contributed by atoms with van der Waals surface area (Å²) in [6, 6.07) is 6.14. The molecular formula is C17H18N2O5S2. The molecule has 7 nitrogen and oxygen atoms in total. The molecule has 26 heavy (non-hydrogen) atoms. The highest BCUT2D eigenvalue weighted by atomic mass is 32.2. The Hall–Kier alpha value is -1.89. The smallest absolute Gasteiger partial charge is 0.334 e. The number of thiocyanates is 1. The molecule has 0 aliphatic carbocycles. The van der Waals surface area contributed by atoms with Crippen molar-refractivity contribution >= 4 is 34.8 Å². The number of β-lactam (4-membered cyclic amide) rings is 1. The molecule has 2 aliphatic heterocycles. The lowest BCUT2D eigenvalue weighted by atomic mass is 9.98. The van der Waals surface area contributed by atoms with Gasteiger partial charge in [0.1, 0.15) is 17.8 Å². The molecule has 1 amide bonds. The highest BCUT2D eigenvalue weighted by molar-refractivity contribution is 8.05. The second-order valence-electron chi connectivity index (χ2n) is 6.31. The summed E-state index contributed by atoms with van der Waals surface area (Å²) in [4.78, 5) is 26.1. The van der Waals surface area contributed by atoms with Crippen LogP contribution in [0.2, 0.25) is 0 Å². The minimum atomic E-state index is -1.42. The summed E-state index contributed by atoms with van der Waals surface area (Å²) < 4.78 is 22.3. The molecule has 0 N–H and O–H groups in total. The quantitative estimate of drug-likeness (QED) is 0.311. The van der Waals surface area contributed by atoms with Crippen molar-refractivity contribution in [3.05, 3.63) is 29.8 Å². The van der Waals surface area contributed by atoms with Crippen LogP contribution in [0.15, 0.2) is 24.3 Å². The van der Waals surface area contributed by atoms with Gasteiger partial charge >= 0.3 is 5.97 Å². The van der Waals surface area contributed by atoms with Gasteiger partial charge < -0.3 is 14.0 Å². The van der Waals surface area contributed by atoms with E-state index in [2.05, 4.69) is 0 Å². The number of carbonyl (C=O) groups excluding carboxylic acids is 2. The molecule has 0 aromatic heterocycles. The number of benzene rings is 1. The number of esters is 1. The van der Waals surface area contributed by atoms with Crippen molar-refractivity contribution in [2.75, 3.05) is 12.9 Å². The van der Waals surface area contributed by atoms with Crippen molar-refractivity contribution in [2.45, 2.75) is 36.1 Å². The lowest BCUT2D eigenvalue weighted by molar-refractivity contribution is -0.162. The zero-order valence-corrected chi connectivity index (χ0v) is 16.0. The summed E-state index contributed by atoms with van der Waals surface area (Å²) in [5.74, 6) is 0.0891. The highest BCUT2D eigenvalue weighted by Gasteiger charge is 2.70. The molecule has 0 spiro atoms. The first kappa shape index (κ1) is 18.9. The van der Waals surface area contributed by atoms with Crippen LogP contribution >= 0.6 is 11.8 Å². The summed E-state index contributed by atoms with van der Waals surface area (Å²) in [6.07, 6.45) is 0.168. The third kappa shape index (κ3) is 3.13. The molecule has 2 fully saturated rings. The van der Waals surface area contributed by atoms with Gasteiger partial charge in [-0.15, -0.1) is 0 Å². The minimum absolute atomic E-state index is 0.0418. The van der Waals surface area contributed by atoms with Crippen LogP contribution in [0.5, 0.6) is 5.75 Å². The van der Waals surface area contributed by atoms with Crippen LogP contribution in [0.1, 0.15) is 18.9 Å². The number of hydrogen-bond acceptors (Lipinski definition) is 7. The Morgan fingerprint density at radius 3 is 2.77 bits per heavy atom. The Balaban J connectivity index is 1.74. The third-order valence-corrected chi connectivity index (χ3v) is 7.93. The predicted octanol–water partition coefficient (Wildman–Crippen LogP) is 1.40. The van der Waals surface area contributed by atoms with Crippen LogP contribution in [0.25, 0.3) is 0 Å². The number of carbonyl (C=O) groups is 2. The van der Waals surface area contributed by atoms with Gasteiger partial charge in [0.2, 0.25) is 11.3 Å². The Morgan fingerprint density at radius 1 is 1.50 bits per heavy atom. The maximum absolute atomic E-state index is 12.8. The first-order valence-corrected chi connectivity index (χ1v) is 10.1. The van der Waals surface area contributed by atoms with Crippen molar-refractivity contribution < 1.29 is 23.6 Å². The van der Waals surface area contributed by atoms with Gasteiger partial charge in [0.05, 0.1) is 19.3 Å². The van der Waals surface area contributed by atoms with Gasteiger partial charge in [0.25, 0.3) is 0 Å². The molecule has 1 aromatic rings. The zero-order chi connectivity index (χ0) is 18.9. The first-order chi connectivity index (χ1) is 12.4. The van der Waals surface area contributed by atoms with Crippen molar-refractivity contribution in [3.8, 4) is 11.2 Å². The van der Waals surface area contributed by atoms with Gasteiger partial charge in [-0.1, -0.05) is 12.1 Å². The number of fused-ring (bicyclic) bond motifs is 1. The van der Waals surface area contributed by atoms with Gasteiger partial charge in [0, 0.05) is 0 Å². The number of rotatable bonds is 6. The molecule has 2 saturated heterocycles. The van der Waals surface area contributed by atoms with E-state index in [0.717, 1.165) is 17.3 Å². The standard InChI is InChI=1S/C17H18N2O5S2/c1-17(9-25-10-18)15(19-13(20)7-14(19)26(17)22)16(21)24-8-11-3-5-12(23-2)6-4-11/h3-6,14-15H,7-9H2,1-2H3/t14-,15+,17+,26?/m1/s1. The monoisotopic (exact) mass is 394 g/mol. The summed E-state index contributed by atoms with van der Waals surface area (Å²) in [7, 11) is 1.57. The Bertz CT molecular complexity index is 751. The van der Waals surface area contributed by atoms with Crippen LogP contribution in [0.3, 0.4) is 0 Å². The molecule has 9 heteroatoms. The third-order valence-electron chi connectivity index (χ3n) is 4.70. The largest absolute Gasteiger partial charge is 0.614 e. The fraction of sp³-hybridized carbons (Fsp3) is 0.471. The van der Waals surface area contributed by atoms with Crippen LogP contribution in [0, 0.1) is 10.7 Å². The van der Waals surface area contributed by atoms with Crippen molar-refractivity contribution in [3.63, 3.8) is 0 Å². The summed E-state index contributed by atoms with van der Waals surface area (Å²) >= 11 is -0.490. The number of hydrogen-bond donors (Lipinski definition) is 0. The van der Waals surface area contributed by atoms with Crippen LogP contribution < -0.4 is 4.74 Å². The van der Waals surface area contributed by atoms with E-state index in [9.17, 15) is 14.1 Å². The summed E-state index contributed by atoms with van der Waals surface area (Å²) in [5, 5.41) is 10.3. The number of nitriles is 1. The normalized spacial score (nSPS) is 29.5. The predicted molar refractivity (Wildman–Crippen MR) is 96.4 cm³/mol. The van der Waals surface area contributed by atoms with Crippen molar-refractivity contribution in [1.82, 2.24) is 4.90 Å². The lowest BCUT2D eigenvalue weighted by Gasteiger charge is -2.33. The van der Waals surface area contributed by atoms with Gasteiger partial charge in [-0.2, -0.15) is 5.26 Å². The average Bonchev–Trinajstić information content (AvgIpc) is 2.83. The van der Waals surface area contributed by atoms with Crippen LogP contribution in [-0.4, -0.2) is 50.4 Å². The molecular weight excluding hydrogens is 376 g/mol. The minimum Gasteiger partial charge on any atom is -0.614 e. The van der Waals surface area contributed by atoms with E-state index in [0.29, 0.717) is 5.75 Å². The first-order valence-electron chi connectivity index (χ1n) is 7.94. The second-order valence-corrected chi connectivity index (χ2v) is 9.14. The van der Waals surface area contributed by atoms with E-state index in [4.69, 9.17) is 14.7 Å². The maximum Gasteiger partial charge on any atom is 0.334 e.